The van der Waals surface area contributed by atoms with Gasteiger partial charge in [-0.05, 0) is 75.8 Å². The average Bonchev–Trinajstić information content (AvgIpc) is 3.25. The molecule has 4 rings (SSSR count). The maximum absolute atomic E-state index is 11.6. The minimum absolute atomic E-state index is 0.446. The maximum Gasteiger partial charge on any atom is 0.347 e. The van der Waals surface area contributed by atoms with Gasteiger partial charge in [0.05, 0.1) is 12.3 Å². The first kappa shape index (κ1) is 25.8. The second-order valence-electron chi connectivity index (χ2n) is 10.2. The molecule has 0 atom stereocenters. The normalized spacial score (nSPS) is 14.5. The number of oxazole rings is 1. The van der Waals surface area contributed by atoms with Crippen LogP contribution >= 0.6 is 0 Å². The van der Waals surface area contributed by atoms with Crippen LogP contribution in [0.5, 0.6) is 11.5 Å². The standard InChI is InChI=1S/C30H37NO5/c1-21-26(31-28(35-21)23-12-8-5-9-13-23)18-19-34-25-16-17-27(36-30(2,3)29(32)33)24(20-25)15-14-22-10-6-4-7-11-22/h4,6-7,10-11,16-17,20,23H,5,8-9,12-15,18-19H2,1-3H3,(H,32,33). The van der Waals surface area contributed by atoms with Gasteiger partial charge in [-0.2, -0.15) is 0 Å². The Morgan fingerprint density at radius 1 is 1.06 bits per heavy atom. The van der Waals surface area contributed by atoms with Crippen molar-refractivity contribution in [2.24, 2.45) is 0 Å². The minimum atomic E-state index is -1.33. The zero-order chi connectivity index (χ0) is 25.5. The van der Waals surface area contributed by atoms with Crippen LogP contribution in [0.3, 0.4) is 0 Å². The molecule has 192 valence electrons. The number of benzene rings is 2. The summed E-state index contributed by atoms with van der Waals surface area (Å²) in [5.41, 5.74) is 1.76. The summed E-state index contributed by atoms with van der Waals surface area (Å²) >= 11 is 0. The predicted octanol–water partition coefficient (Wildman–Crippen LogP) is 6.68. The third-order valence-electron chi connectivity index (χ3n) is 6.91. The minimum Gasteiger partial charge on any atom is -0.493 e. The SMILES string of the molecule is Cc1oc(C2CCCCC2)nc1CCOc1ccc(OC(C)(C)C(=O)O)c(CCc2ccccc2)c1. The number of aromatic nitrogens is 1. The van der Waals surface area contributed by atoms with Crippen molar-refractivity contribution in [3.63, 3.8) is 0 Å². The highest BCUT2D eigenvalue weighted by molar-refractivity contribution is 5.76. The number of aliphatic carboxylic acids is 1. The summed E-state index contributed by atoms with van der Waals surface area (Å²) in [6, 6.07) is 15.8. The molecule has 1 heterocycles. The fourth-order valence-corrected chi connectivity index (χ4v) is 4.65. The molecular weight excluding hydrogens is 454 g/mol. The average molecular weight is 492 g/mol. The molecule has 36 heavy (non-hydrogen) atoms. The van der Waals surface area contributed by atoms with E-state index in [1.54, 1.807) is 13.8 Å². The van der Waals surface area contributed by atoms with Crippen LogP contribution in [0.15, 0.2) is 52.9 Å². The fourth-order valence-electron chi connectivity index (χ4n) is 4.65. The molecule has 3 aromatic rings. The van der Waals surface area contributed by atoms with Gasteiger partial charge in [0.1, 0.15) is 17.3 Å². The molecule has 0 amide bonds. The van der Waals surface area contributed by atoms with Crippen molar-refractivity contribution in [1.29, 1.82) is 0 Å². The summed E-state index contributed by atoms with van der Waals surface area (Å²) in [5, 5.41) is 9.52. The van der Waals surface area contributed by atoms with E-state index in [9.17, 15) is 9.90 Å². The van der Waals surface area contributed by atoms with E-state index in [0.717, 1.165) is 47.9 Å². The Hall–Kier alpha value is -3.28. The Bertz CT molecular complexity index is 1150. The summed E-state index contributed by atoms with van der Waals surface area (Å²) in [6.07, 6.45) is 8.33. The second kappa shape index (κ2) is 11.6. The Kier molecular flexibility index (Phi) is 8.34. The molecule has 0 unspecified atom stereocenters. The maximum atomic E-state index is 11.6. The Morgan fingerprint density at radius 2 is 1.81 bits per heavy atom. The van der Waals surface area contributed by atoms with Crippen molar-refractivity contribution in [2.45, 2.75) is 83.7 Å². The van der Waals surface area contributed by atoms with Gasteiger partial charge >= 0.3 is 5.97 Å². The van der Waals surface area contributed by atoms with Gasteiger partial charge in [-0.3, -0.25) is 0 Å². The third-order valence-corrected chi connectivity index (χ3v) is 6.91. The van der Waals surface area contributed by atoms with Crippen LogP contribution in [-0.4, -0.2) is 28.3 Å². The van der Waals surface area contributed by atoms with E-state index in [1.807, 2.05) is 43.3 Å². The quantitative estimate of drug-likeness (QED) is 0.322. The van der Waals surface area contributed by atoms with Crippen molar-refractivity contribution in [1.82, 2.24) is 4.98 Å². The van der Waals surface area contributed by atoms with Gasteiger partial charge in [-0.25, -0.2) is 9.78 Å². The van der Waals surface area contributed by atoms with E-state index in [4.69, 9.17) is 18.9 Å². The first-order valence-corrected chi connectivity index (χ1v) is 13.0. The van der Waals surface area contributed by atoms with E-state index < -0.39 is 11.6 Å². The Labute approximate surface area is 213 Å². The van der Waals surface area contributed by atoms with Crippen LogP contribution < -0.4 is 9.47 Å². The molecule has 6 nitrogen and oxygen atoms in total. The van der Waals surface area contributed by atoms with E-state index in [2.05, 4.69) is 12.1 Å². The molecular formula is C30H37NO5. The molecule has 0 radical (unpaired) electrons. The molecule has 0 bridgehead atoms. The van der Waals surface area contributed by atoms with Gasteiger partial charge in [0, 0.05) is 12.3 Å². The number of rotatable bonds is 11. The van der Waals surface area contributed by atoms with Gasteiger partial charge in [0.15, 0.2) is 11.5 Å². The highest BCUT2D eigenvalue weighted by atomic mass is 16.5. The van der Waals surface area contributed by atoms with Crippen molar-refractivity contribution in [3.05, 3.63) is 77.0 Å². The fraction of sp³-hybridized carbons (Fsp3) is 0.467. The number of carboxylic acids is 1. The van der Waals surface area contributed by atoms with Crippen LogP contribution in [0.4, 0.5) is 0 Å². The number of hydrogen-bond donors (Lipinski definition) is 1. The van der Waals surface area contributed by atoms with Gasteiger partial charge in [-0.1, -0.05) is 49.6 Å². The molecule has 1 N–H and O–H groups in total. The lowest BCUT2D eigenvalue weighted by atomic mass is 9.89. The van der Waals surface area contributed by atoms with Crippen molar-refractivity contribution < 1.29 is 23.8 Å². The van der Waals surface area contributed by atoms with Gasteiger partial charge in [0.2, 0.25) is 0 Å². The summed E-state index contributed by atoms with van der Waals surface area (Å²) in [7, 11) is 0. The van der Waals surface area contributed by atoms with Crippen LogP contribution in [-0.2, 0) is 24.1 Å². The summed E-state index contributed by atoms with van der Waals surface area (Å²) in [5.74, 6) is 2.49. The molecule has 0 aliphatic heterocycles. The molecule has 1 aromatic heterocycles. The number of nitrogens with zero attached hydrogens (tertiary/aromatic N) is 1. The van der Waals surface area contributed by atoms with Crippen LogP contribution in [0.2, 0.25) is 0 Å². The summed E-state index contributed by atoms with van der Waals surface area (Å²) in [6.45, 7) is 5.58. The van der Waals surface area contributed by atoms with Crippen molar-refractivity contribution in [2.75, 3.05) is 6.61 Å². The Balaban J connectivity index is 1.43. The van der Waals surface area contributed by atoms with Gasteiger partial charge in [0.25, 0.3) is 0 Å². The molecule has 1 aliphatic rings. The lowest BCUT2D eigenvalue weighted by Gasteiger charge is -2.24. The topological polar surface area (TPSA) is 81.8 Å². The second-order valence-corrected chi connectivity index (χ2v) is 10.2. The number of aryl methyl sites for hydroxylation is 3. The first-order valence-electron chi connectivity index (χ1n) is 13.0. The smallest absolute Gasteiger partial charge is 0.347 e. The predicted molar refractivity (Wildman–Crippen MR) is 139 cm³/mol. The lowest BCUT2D eigenvalue weighted by Crippen LogP contribution is -2.38. The number of carbonyl (C=O) groups is 1. The van der Waals surface area contributed by atoms with Crippen molar-refractivity contribution in [3.8, 4) is 11.5 Å². The highest BCUT2D eigenvalue weighted by Gasteiger charge is 2.30. The first-order chi connectivity index (χ1) is 17.3. The van der Waals surface area contributed by atoms with Gasteiger partial charge in [-0.15, -0.1) is 0 Å². The number of ether oxygens (including phenoxy) is 2. The van der Waals surface area contributed by atoms with E-state index in [1.165, 1.54) is 24.8 Å². The molecule has 1 saturated carbocycles. The van der Waals surface area contributed by atoms with Crippen LogP contribution in [0.25, 0.3) is 0 Å². The zero-order valence-corrected chi connectivity index (χ0v) is 21.6. The van der Waals surface area contributed by atoms with Crippen LogP contribution in [0, 0.1) is 6.92 Å². The monoisotopic (exact) mass is 491 g/mol. The molecule has 0 spiro atoms. The lowest BCUT2D eigenvalue weighted by molar-refractivity contribution is -0.152. The molecule has 6 heteroatoms. The highest BCUT2D eigenvalue weighted by Crippen LogP contribution is 2.33. The van der Waals surface area contributed by atoms with E-state index >= 15 is 0 Å². The van der Waals surface area contributed by atoms with Gasteiger partial charge < -0.3 is 19.0 Å². The molecule has 2 aromatic carbocycles. The van der Waals surface area contributed by atoms with Crippen LogP contribution in [0.1, 0.15) is 80.3 Å². The van der Waals surface area contributed by atoms with E-state index in [-0.39, 0.29) is 0 Å². The number of carboxylic acid groups (broad SMARTS) is 1. The van der Waals surface area contributed by atoms with E-state index in [0.29, 0.717) is 31.1 Å². The summed E-state index contributed by atoms with van der Waals surface area (Å²) in [4.78, 5) is 16.4. The molecule has 1 aliphatic carbocycles. The van der Waals surface area contributed by atoms with Crippen molar-refractivity contribution >= 4 is 5.97 Å². The largest absolute Gasteiger partial charge is 0.493 e. The summed E-state index contributed by atoms with van der Waals surface area (Å²) < 4.78 is 18.0. The molecule has 1 fully saturated rings. The number of hydrogen-bond acceptors (Lipinski definition) is 5. The third kappa shape index (κ3) is 6.68. The zero-order valence-electron chi connectivity index (χ0n) is 21.6. The molecule has 0 saturated heterocycles. The Morgan fingerprint density at radius 3 is 2.53 bits per heavy atom.